The van der Waals surface area contributed by atoms with E-state index in [0.717, 1.165) is 47.8 Å². The van der Waals surface area contributed by atoms with E-state index in [-0.39, 0.29) is 11.3 Å². The summed E-state index contributed by atoms with van der Waals surface area (Å²) in [5, 5.41) is 4.08. The highest BCUT2D eigenvalue weighted by Crippen LogP contribution is 2.18. The fourth-order valence-electron chi connectivity index (χ4n) is 2.30. The third kappa shape index (κ3) is 4.54. The molecule has 0 fully saturated rings. The van der Waals surface area contributed by atoms with Gasteiger partial charge in [0.25, 0.3) is 0 Å². The Balaban J connectivity index is 1.68. The second kappa shape index (κ2) is 8.07. The normalized spacial score (nSPS) is 14.4. The van der Waals surface area contributed by atoms with E-state index in [0.29, 0.717) is 5.56 Å². The van der Waals surface area contributed by atoms with Gasteiger partial charge in [0, 0.05) is 29.1 Å². The van der Waals surface area contributed by atoms with Crippen molar-refractivity contribution in [3.05, 3.63) is 71.3 Å². The molecule has 6 heteroatoms. The van der Waals surface area contributed by atoms with Gasteiger partial charge in [-0.15, -0.1) is 0 Å². The van der Waals surface area contributed by atoms with E-state index in [2.05, 4.69) is 10.3 Å². The van der Waals surface area contributed by atoms with Crippen LogP contribution in [-0.2, 0) is 0 Å². The van der Waals surface area contributed by atoms with Gasteiger partial charge in [0.15, 0.2) is 11.0 Å². The zero-order chi connectivity index (χ0) is 17.6. The van der Waals surface area contributed by atoms with Crippen molar-refractivity contribution in [1.82, 2.24) is 0 Å². The number of anilines is 1. The van der Waals surface area contributed by atoms with E-state index in [1.54, 1.807) is 36.0 Å². The minimum atomic E-state index is -0.700. The zero-order valence-electron chi connectivity index (χ0n) is 13.3. The van der Waals surface area contributed by atoms with Gasteiger partial charge in [0.05, 0.1) is 0 Å². The summed E-state index contributed by atoms with van der Waals surface area (Å²) in [4.78, 5) is 16.5. The summed E-state index contributed by atoms with van der Waals surface area (Å²) in [7, 11) is 0. The molecule has 0 aromatic heterocycles. The fourth-order valence-corrected chi connectivity index (χ4v) is 3.14. The smallest absolute Gasteiger partial charge is 0.185 e. The van der Waals surface area contributed by atoms with Gasteiger partial charge >= 0.3 is 0 Å². The number of aliphatic imine (C=N–C) groups is 1. The lowest BCUT2D eigenvalue weighted by Crippen LogP contribution is -2.13. The predicted molar refractivity (Wildman–Crippen MR) is 99.2 cm³/mol. The van der Waals surface area contributed by atoms with Crippen molar-refractivity contribution >= 4 is 34.5 Å². The number of nitrogens with one attached hydrogen (secondary N) is 1. The molecule has 0 aliphatic carbocycles. The van der Waals surface area contributed by atoms with E-state index in [1.807, 2.05) is 0 Å². The molecule has 0 amide bonds. The molecule has 2 aromatic rings. The first kappa shape index (κ1) is 17.4. The Morgan fingerprint density at radius 2 is 1.84 bits per heavy atom. The number of carbonyl (C=O) groups excluding carboxylic acids is 1. The molecule has 128 valence electrons. The van der Waals surface area contributed by atoms with Gasteiger partial charge in [-0.25, -0.2) is 8.78 Å². The van der Waals surface area contributed by atoms with E-state index in [4.69, 9.17) is 0 Å². The number of thioether (sulfide) groups is 1. The van der Waals surface area contributed by atoms with Crippen LogP contribution in [0.3, 0.4) is 0 Å². The Morgan fingerprint density at radius 1 is 1.12 bits per heavy atom. The SMILES string of the molecule is O=C(/C=C/c1c(F)cccc1F)c1ccc(NC2=NCCCS2)cc1. The number of hydrogen-bond donors (Lipinski definition) is 1. The third-order valence-corrected chi connectivity index (χ3v) is 4.62. The Morgan fingerprint density at radius 3 is 2.48 bits per heavy atom. The maximum absolute atomic E-state index is 13.6. The average Bonchev–Trinajstić information content (AvgIpc) is 2.62. The molecule has 3 nitrogen and oxygen atoms in total. The van der Waals surface area contributed by atoms with E-state index < -0.39 is 11.6 Å². The quantitative estimate of drug-likeness (QED) is 0.632. The summed E-state index contributed by atoms with van der Waals surface area (Å²) in [6.07, 6.45) is 3.41. The molecule has 1 heterocycles. The predicted octanol–water partition coefficient (Wildman–Crippen LogP) is 4.77. The molecular weight excluding hydrogens is 342 g/mol. The molecule has 0 saturated carbocycles. The van der Waals surface area contributed by atoms with Crippen LogP contribution in [0.15, 0.2) is 53.5 Å². The van der Waals surface area contributed by atoms with Crippen LogP contribution >= 0.6 is 11.8 Å². The number of amidine groups is 1. The first-order valence-corrected chi connectivity index (χ1v) is 8.83. The summed E-state index contributed by atoms with van der Waals surface area (Å²) >= 11 is 1.67. The highest BCUT2D eigenvalue weighted by molar-refractivity contribution is 8.14. The van der Waals surface area contributed by atoms with Crippen molar-refractivity contribution < 1.29 is 13.6 Å². The molecule has 0 saturated heterocycles. The molecule has 1 N–H and O–H groups in total. The Bertz CT molecular complexity index is 812. The van der Waals surface area contributed by atoms with Crippen molar-refractivity contribution in [3.8, 4) is 0 Å². The lowest BCUT2D eigenvalue weighted by Gasteiger charge is -2.13. The van der Waals surface area contributed by atoms with E-state index in [1.165, 1.54) is 12.1 Å². The van der Waals surface area contributed by atoms with Crippen LogP contribution in [0, 0.1) is 11.6 Å². The van der Waals surface area contributed by atoms with Crippen molar-refractivity contribution in [2.45, 2.75) is 6.42 Å². The fraction of sp³-hybridized carbons (Fsp3) is 0.158. The summed E-state index contributed by atoms with van der Waals surface area (Å²) < 4.78 is 27.1. The van der Waals surface area contributed by atoms with Gasteiger partial charge in [-0.1, -0.05) is 17.8 Å². The van der Waals surface area contributed by atoms with Gasteiger partial charge < -0.3 is 5.32 Å². The first-order chi connectivity index (χ1) is 12.1. The molecule has 1 aliphatic rings. The monoisotopic (exact) mass is 358 g/mol. The number of benzene rings is 2. The van der Waals surface area contributed by atoms with Crippen LogP contribution in [-0.4, -0.2) is 23.2 Å². The highest BCUT2D eigenvalue weighted by atomic mass is 32.2. The highest BCUT2D eigenvalue weighted by Gasteiger charge is 2.08. The molecule has 25 heavy (non-hydrogen) atoms. The summed E-state index contributed by atoms with van der Waals surface area (Å²) in [5.41, 5.74) is 1.06. The van der Waals surface area contributed by atoms with E-state index in [9.17, 15) is 13.6 Å². The first-order valence-electron chi connectivity index (χ1n) is 7.84. The molecular formula is C19H16F2N2OS. The van der Waals surface area contributed by atoms with Crippen molar-refractivity contribution in [2.75, 3.05) is 17.6 Å². The Kier molecular flexibility index (Phi) is 5.60. The minimum Gasteiger partial charge on any atom is -0.335 e. The number of ketones is 1. The van der Waals surface area contributed by atoms with Crippen LogP contribution in [0.25, 0.3) is 6.08 Å². The second-order valence-corrected chi connectivity index (χ2v) is 6.51. The van der Waals surface area contributed by atoms with Crippen molar-refractivity contribution in [3.63, 3.8) is 0 Å². The zero-order valence-corrected chi connectivity index (χ0v) is 14.2. The van der Waals surface area contributed by atoms with Gasteiger partial charge in [0.2, 0.25) is 0 Å². The van der Waals surface area contributed by atoms with Crippen molar-refractivity contribution in [1.29, 1.82) is 0 Å². The van der Waals surface area contributed by atoms with Gasteiger partial charge in [-0.3, -0.25) is 9.79 Å². The number of nitrogens with zero attached hydrogens (tertiary/aromatic N) is 1. The van der Waals surface area contributed by atoms with Crippen molar-refractivity contribution in [2.24, 2.45) is 4.99 Å². The van der Waals surface area contributed by atoms with Crippen LogP contribution in [0.2, 0.25) is 0 Å². The maximum atomic E-state index is 13.6. The number of allylic oxidation sites excluding steroid dienone is 1. The van der Waals surface area contributed by atoms with Gasteiger partial charge in [-0.05, 0) is 55.0 Å². The molecule has 2 aromatic carbocycles. The molecule has 0 bridgehead atoms. The van der Waals surface area contributed by atoms with Crippen LogP contribution < -0.4 is 5.32 Å². The lowest BCUT2D eigenvalue weighted by molar-refractivity contribution is 0.104. The molecule has 0 spiro atoms. The van der Waals surface area contributed by atoms with Gasteiger partial charge in [0.1, 0.15) is 11.6 Å². The lowest BCUT2D eigenvalue weighted by atomic mass is 10.1. The van der Waals surface area contributed by atoms with Crippen LogP contribution in [0.1, 0.15) is 22.3 Å². The third-order valence-electron chi connectivity index (χ3n) is 3.62. The van der Waals surface area contributed by atoms with Crippen LogP contribution in [0.5, 0.6) is 0 Å². The summed E-state index contributed by atoms with van der Waals surface area (Å²) in [6, 6.07) is 10.5. The molecule has 0 atom stereocenters. The Hall–Kier alpha value is -2.47. The average molecular weight is 358 g/mol. The standard InChI is InChI=1S/C19H16F2N2OS/c20-16-3-1-4-17(21)15(16)9-10-18(24)13-5-7-14(8-6-13)23-19-22-11-2-12-25-19/h1,3-10H,2,11-12H2,(H,22,23)/b10-9+. The van der Waals surface area contributed by atoms with Crippen LogP contribution in [0.4, 0.5) is 14.5 Å². The van der Waals surface area contributed by atoms with E-state index >= 15 is 0 Å². The molecule has 1 aliphatic heterocycles. The van der Waals surface area contributed by atoms with Gasteiger partial charge in [-0.2, -0.15) is 0 Å². The summed E-state index contributed by atoms with van der Waals surface area (Å²) in [5.74, 6) is -0.679. The number of halogens is 2. The topological polar surface area (TPSA) is 41.5 Å². The molecule has 3 rings (SSSR count). The largest absolute Gasteiger partial charge is 0.335 e. The summed E-state index contributed by atoms with van der Waals surface area (Å²) in [6.45, 7) is 0.823. The minimum absolute atomic E-state index is 0.221. The molecule has 0 unspecified atom stereocenters. The number of hydrogen-bond acceptors (Lipinski definition) is 4. The number of carbonyl (C=O) groups is 1. The second-order valence-electron chi connectivity index (χ2n) is 5.42. The Labute approximate surface area is 148 Å². The number of rotatable bonds is 4. The maximum Gasteiger partial charge on any atom is 0.185 e. The molecule has 0 radical (unpaired) electrons.